The smallest absolute Gasteiger partial charge is 0.163 e. The minimum absolute atomic E-state index is 0.191. The highest BCUT2D eigenvalue weighted by Crippen LogP contribution is 2.13. The molecule has 0 aromatic heterocycles. The maximum Gasteiger partial charge on any atom is 0.163 e. The standard InChI is InChI=1S/C12H23NO2/c1-9(2)7-11(14)12-8-13(10(3)4)5-6-15-12/h9-10,12H,5-8H2,1-4H3. The van der Waals surface area contributed by atoms with E-state index in [1.807, 2.05) is 0 Å². The van der Waals surface area contributed by atoms with E-state index in [-0.39, 0.29) is 11.9 Å². The average Bonchev–Trinajstić information content (AvgIpc) is 2.17. The Kier molecular flexibility index (Phi) is 4.74. The average molecular weight is 213 g/mol. The van der Waals surface area contributed by atoms with Crippen molar-refractivity contribution in [3.8, 4) is 0 Å². The highest BCUT2D eigenvalue weighted by molar-refractivity contribution is 5.83. The molecule has 1 aliphatic heterocycles. The summed E-state index contributed by atoms with van der Waals surface area (Å²) in [6.45, 7) is 10.9. The van der Waals surface area contributed by atoms with Crippen LogP contribution in [0.3, 0.4) is 0 Å². The van der Waals surface area contributed by atoms with Gasteiger partial charge in [0, 0.05) is 25.6 Å². The van der Waals surface area contributed by atoms with Crippen molar-refractivity contribution in [2.24, 2.45) is 5.92 Å². The summed E-state index contributed by atoms with van der Waals surface area (Å²) in [6.07, 6.45) is 0.444. The van der Waals surface area contributed by atoms with Gasteiger partial charge >= 0.3 is 0 Å². The molecule has 15 heavy (non-hydrogen) atoms. The molecule has 1 atom stereocenters. The van der Waals surface area contributed by atoms with Gasteiger partial charge in [-0.25, -0.2) is 0 Å². The quantitative estimate of drug-likeness (QED) is 0.712. The lowest BCUT2D eigenvalue weighted by Crippen LogP contribution is -2.48. The van der Waals surface area contributed by atoms with Crippen molar-refractivity contribution >= 4 is 5.78 Å². The zero-order valence-electron chi connectivity index (χ0n) is 10.3. The number of carbonyl (C=O) groups is 1. The zero-order valence-corrected chi connectivity index (χ0v) is 10.3. The van der Waals surface area contributed by atoms with Crippen molar-refractivity contribution in [3.63, 3.8) is 0 Å². The van der Waals surface area contributed by atoms with Crippen molar-refractivity contribution in [1.82, 2.24) is 4.90 Å². The lowest BCUT2D eigenvalue weighted by Gasteiger charge is -2.35. The van der Waals surface area contributed by atoms with Crippen molar-refractivity contribution in [3.05, 3.63) is 0 Å². The van der Waals surface area contributed by atoms with Crippen LogP contribution in [0.2, 0.25) is 0 Å². The molecule has 0 radical (unpaired) electrons. The first-order chi connectivity index (χ1) is 7.00. The predicted octanol–water partition coefficient (Wildman–Crippen LogP) is 1.71. The van der Waals surface area contributed by atoms with Crippen molar-refractivity contribution < 1.29 is 9.53 Å². The van der Waals surface area contributed by atoms with Crippen molar-refractivity contribution in [1.29, 1.82) is 0 Å². The number of nitrogens with zero attached hydrogens (tertiary/aromatic N) is 1. The van der Waals surface area contributed by atoms with Gasteiger partial charge in [-0.15, -0.1) is 0 Å². The topological polar surface area (TPSA) is 29.5 Å². The molecule has 0 amide bonds. The lowest BCUT2D eigenvalue weighted by atomic mass is 10.0. The first-order valence-electron chi connectivity index (χ1n) is 5.89. The van der Waals surface area contributed by atoms with Crippen LogP contribution >= 0.6 is 0 Å². The molecule has 1 rings (SSSR count). The highest BCUT2D eigenvalue weighted by Gasteiger charge is 2.27. The Hall–Kier alpha value is -0.410. The number of ether oxygens (including phenoxy) is 1. The van der Waals surface area contributed by atoms with Gasteiger partial charge in [-0.2, -0.15) is 0 Å². The minimum Gasteiger partial charge on any atom is -0.368 e. The van der Waals surface area contributed by atoms with Crippen LogP contribution in [0.15, 0.2) is 0 Å². The number of hydrogen-bond donors (Lipinski definition) is 0. The summed E-state index contributed by atoms with van der Waals surface area (Å²) < 4.78 is 5.53. The van der Waals surface area contributed by atoms with E-state index in [4.69, 9.17) is 4.74 Å². The van der Waals surface area contributed by atoms with Crippen LogP contribution in [0.25, 0.3) is 0 Å². The summed E-state index contributed by atoms with van der Waals surface area (Å²) in [5.41, 5.74) is 0. The number of hydrogen-bond acceptors (Lipinski definition) is 3. The molecule has 0 bridgehead atoms. The number of rotatable bonds is 4. The summed E-state index contributed by atoms with van der Waals surface area (Å²) >= 11 is 0. The van der Waals surface area contributed by atoms with Gasteiger partial charge < -0.3 is 4.74 Å². The monoisotopic (exact) mass is 213 g/mol. The molecule has 1 aliphatic rings. The van der Waals surface area contributed by atoms with Gasteiger partial charge in [0.15, 0.2) is 5.78 Å². The van der Waals surface area contributed by atoms with Gasteiger partial charge in [0.25, 0.3) is 0 Å². The Bertz CT molecular complexity index is 214. The van der Waals surface area contributed by atoms with Crippen LogP contribution in [-0.4, -0.2) is 42.5 Å². The largest absolute Gasteiger partial charge is 0.368 e. The van der Waals surface area contributed by atoms with E-state index in [2.05, 4.69) is 32.6 Å². The molecule has 0 saturated carbocycles. The Balaban J connectivity index is 2.45. The third kappa shape index (κ3) is 3.92. The lowest BCUT2D eigenvalue weighted by molar-refractivity contribution is -0.137. The zero-order chi connectivity index (χ0) is 11.4. The van der Waals surface area contributed by atoms with E-state index in [1.54, 1.807) is 0 Å². The van der Waals surface area contributed by atoms with Crippen LogP contribution in [0.5, 0.6) is 0 Å². The van der Waals surface area contributed by atoms with Crippen LogP contribution in [0.1, 0.15) is 34.1 Å². The van der Waals surface area contributed by atoms with Gasteiger partial charge in [0.1, 0.15) is 6.10 Å². The highest BCUT2D eigenvalue weighted by atomic mass is 16.5. The summed E-state index contributed by atoms with van der Waals surface area (Å²) in [4.78, 5) is 14.1. The van der Waals surface area contributed by atoms with Gasteiger partial charge in [-0.3, -0.25) is 9.69 Å². The summed E-state index contributed by atoms with van der Waals surface area (Å²) in [5, 5.41) is 0. The maximum absolute atomic E-state index is 11.8. The number of morpholine rings is 1. The van der Waals surface area contributed by atoms with E-state index in [0.717, 1.165) is 13.1 Å². The second-order valence-electron chi connectivity index (χ2n) is 5.01. The van der Waals surface area contributed by atoms with E-state index in [0.29, 0.717) is 25.0 Å². The fourth-order valence-electron chi connectivity index (χ4n) is 1.87. The summed E-state index contributed by atoms with van der Waals surface area (Å²) in [5.74, 6) is 0.686. The van der Waals surface area contributed by atoms with Crippen molar-refractivity contribution in [2.45, 2.75) is 46.3 Å². The molecule has 1 saturated heterocycles. The van der Waals surface area contributed by atoms with E-state index >= 15 is 0 Å². The molecule has 1 heterocycles. The third-order valence-corrected chi connectivity index (χ3v) is 2.80. The van der Waals surface area contributed by atoms with E-state index in [9.17, 15) is 4.79 Å². The summed E-state index contributed by atoms with van der Waals surface area (Å²) in [7, 11) is 0. The van der Waals surface area contributed by atoms with Crippen molar-refractivity contribution in [2.75, 3.05) is 19.7 Å². The molecule has 3 nitrogen and oxygen atoms in total. The molecular formula is C12H23NO2. The fraction of sp³-hybridized carbons (Fsp3) is 0.917. The molecule has 0 spiro atoms. The summed E-state index contributed by atoms with van der Waals surface area (Å²) in [6, 6.07) is 0.503. The normalized spacial score (nSPS) is 23.7. The molecule has 0 aliphatic carbocycles. The predicted molar refractivity (Wildman–Crippen MR) is 60.9 cm³/mol. The van der Waals surface area contributed by atoms with Crippen LogP contribution in [-0.2, 0) is 9.53 Å². The van der Waals surface area contributed by atoms with Crippen LogP contribution in [0.4, 0.5) is 0 Å². The molecule has 88 valence electrons. The number of ketones is 1. The van der Waals surface area contributed by atoms with Crippen LogP contribution < -0.4 is 0 Å². The first kappa shape index (κ1) is 12.7. The maximum atomic E-state index is 11.8. The van der Waals surface area contributed by atoms with Gasteiger partial charge in [-0.05, 0) is 19.8 Å². The number of Topliss-reactive ketones (excluding diaryl/α,β-unsaturated/α-hetero) is 1. The molecular weight excluding hydrogens is 190 g/mol. The van der Waals surface area contributed by atoms with Crippen LogP contribution in [0, 0.1) is 5.92 Å². The SMILES string of the molecule is CC(C)CC(=O)C1CN(C(C)C)CCO1. The second-order valence-corrected chi connectivity index (χ2v) is 5.01. The van der Waals surface area contributed by atoms with Gasteiger partial charge in [0.05, 0.1) is 6.61 Å². The second kappa shape index (κ2) is 5.61. The molecule has 1 fully saturated rings. The molecule has 0 N–H and O–H groups in total. The first-order valence-corrected chi connectivity index (χ1v) is 5.89. The van der Waals surface area contributed by atoms with E-state index < -0.39 is 0 Å². The molecule has 0 aromatic carbocycles. The Labute approximate surface area is 92.8 Å². The molecule has 3 heteroatoms. The third-order valence-electron chi connectivity index (χ3n) is 2.80. The van der Waals surface area contributed by atoms with E-state index in [1.165, 1.54) is 0 Å². The minimum atomic E-state index is -0.191. The Morgan fingerprint density at radius 1 is 1.40 bits per heavy atom. The number of carbonyl (C=O) groups excluding carboxylic acids is 1. The van der Waals surface area contributed by atoms with Gasteiger partial charge in [0.2, 0.25) is 0 Å². The molecule has 0 aromatic rings. The Morgan fingerprint density at radius 2 is 2.07 bits per heavy atom. The Morgan fingerprint density at radius 3 is 2.60 bits per heavy atom. The van der Waals surface area contributed by atoms with Gasteiger partial charge in [-0.1, -0.05) is 13.8 Å². The fourth-order valence-corrected chi connectivity index (χ4v) is 1.87. The molecule has 1 unspecified atom stereocenters.